The van der Waals surface area contributed by atoms with Gasteiger partial charge in [-0.15, -0.1) is 0 Å². The first-order chi connectivity index (χ1) is 14.8. The summed E-state index contributed by atoms with van der Waals surface area (Å²) in [5.41, 5.74) is 2.42. The van der Waals surface area contributed by atoms with E-state index in [1.165, 1.54) is 34.6 Å². The zero-order valence-electron chi connectivity index (χ0n) is 18.9. The summed E-state index contributed by atoms with van der Waals surface area (Å²) < 4.78 is 11.7. The smallest absolute Gasteiger partial charge is 0.345 e. The van der Waals surface area contributed by atoms with Gasteiger partial charge in [0.25, 0.3) is 0 Å². The SMILES string of the molecule is Cc1cc([S+]2CCCC2)cc(C)c1OCC(=O)OC(C)(C)c1ccc2ccccc2c1. The van der Waals surface area contributed by atoms with E-state index in [4.69, 9.17) is 9.47 Å². The molecule has 1 saturated heterocycles. The first-order valence-electron chi connectivity index (χ1n) is 11.0. The van der Waals surface area contributed by atoms with Crippen LogP contribution in [0.1, 0.15) is 43.4 Å². The van der Waals surface area contributed by atoms with E-state index < -0.39 is 5.60 Å². The van der Waals surface area contributed by atoms with Crippen LogP contribution < -0.4 is 4.74 Å². The molecule has 0 aromatic heterocycles. The van der Waals surface area contributed by atoms with Crippen LogP contribution in [0.25, 0.3) is 10.8 Å². The number of benzene rings is 3. The number of hydrogen-bond donors (Lipinski definition) is 0. The Morgan fingerprint density at radius 3 is 2.26 bits per heavy atom. The van der Waals surface area contributed by atoms with Gasteiger partial charge in [-0.3, -0.25) is 0 Å². The first kappa shape index (κ1) is 21.8. The summed E-state index contributed by atoms with van der Waals surface area (Å²) in [4.78, 5) is 14.1. The number of rotatable bonds is 6. The number of ether oxygens (including phenoxy) is 2. The van der Waals surface area contributed by atoms with E-state index in [1.54, 1.807) is 0 Å². The van der Waals surface area contributed by atoms with Crippen molar-refractivity contribution in [2.75, 3.05) is 18.1 Å². The van der Waals surface area contributed by atoms with Crippen LogP contribution in [-0.2, 0) is 26.0 Å². The minimum atomic E-state index is -0.734. The Balaban J connectivity index is 1.42. The predicted molar refractivity (Wildman–Crippen MR) is 129 cm³/mol. The van der Waals surface area contributed by atoms with Crippen molar-refractivity contribution in [3.8, 4) is 5.75 Å². The van der Waals surface area contributed by atoms with Gasteiger partial charge in [-0.2, -0.15) is 0 Å². The lowest BCUT2D eigenvalue weighted by Crippen LogP contribution is -2.28. The lowest BCUT2D eigenvalue weighted by molar-refractivity contribution is -0.159. The summed E-state index contributed by atoms with van der Waals surface area (Å²) in [6, 6.07) is 18.8. The van der Waals surface area contributed by atoms with Gasteiger partial charge in [-0.25, -0.2) is 4.79 Å². The van der Waals surface area contributed by atoms with Gasteiger partial charge in [0.05, 0.1) is 0 Å². The van der Waals surface area contributed by atoms with E-state index in [0.29, 0.717) is 10.9 Å². The highest BCUT2D eigenvalue weighted by atomic mass is 32.2. The third kappa shape index (κ3) is 4.90. The van der Waals surface area contributed by atoms with Crippen LogP contribution in [0, 0.1) is 13.8 Å². The van der Waals surface area contributed by atoms with Crippen molar-refractivity contribution in [3.63, 3.8) is 0 Å². The van der Waals surface area contributed by atoms with Crippen molar-refractivity contribution in [1.82, 2.24) is 0 Å². The molecule has 0 radical (unpaired) electrons. The van der Waals surface area contributed by atoms with E-state index in [9.17, 15) is 4.79 Å². The number of esters is 1. The molecule has 0 aliphatic carbocycles. The Morgan fingerprint density at radius 2 is 1.58 bits per heavy atom. The fourth-order valence-corrected chi connectivity index (χ4v) is 6.73. The molecule has 0 saturated carbocycles. The van der Waals surface area contributed by atoms with Crippen molar-refractivity contribution < 1.29 is 14.3 Å². The summed E-state index contributed by atoms with van der Waals surface area (Å²) in [5, 5.41) is 2.30. The Morgan fingerprint density at radius 1 is 0.935 bits per heavy atom. The van der Waals surface area contributed by atoms with Gasteiger partial charge in [0, 0.05) is 10.9 Å². The van der Waals surface area contributed by atoms with E-state index in [-0.39, 0.29) is 12.6 Å². The molecule has 0 N–H and O–H groups in total. The molecule has 3 aromatic carbocycles. The molecule has 1 heterocycles. The summed E-state index contributed by atoms with van der Waals surface area (Å²) >= 11 is 0. The van der Waals surface area contributed by atoms with Gasteiger partial charge < -0.3 is 9.47 Å². The number of hydrogen-bond acceptors (Lipinski definition) is 3. The van der Waals surface area contributed by atoms with Gasteiger partial charge in [0.2, 0.25) is 0 Å². The van der Waals surface area contributed by atoms with Crippen LogP contribution in [0.3, 0.4) is 0 Å². The molecule has 4 heteroatoms. The molecule has 0 amide bonds. The minimum Gasteiger partial charge on any atom is -0.481 e. The van der Waals surface area contributed by atoms with Gasteiger partial charge in [-0.05, 0) is 86.2 Å². The predicted octanol–water partition coefficient (Wildman–Crippen LogP) is 6.08. The number of carbonyl (C=O) groups is 1. The molecule has 0 atom stereocenters. The molecule has 0 unspecified atom stereocenters. The summed E-state index contributed by atoms with van der Waals surface area (Å²) in [6.45, 7) is 7.88. The third-order valence-corrected chi connectivity index (χ3v) is 8.41. The molecule has 162 valence electrons. The quantitative estimate of drug-likeness (QED) is 0.347. The van der Waals surface area contributed by atoms with Crippen LogP contribution in [-0.4, -0.2) is 24.1 Å². The molecule has 0 bridgehead atoms. The van der Waals surface area contributed by atoms with Crippen LogP contribution >= 0.6 is 0 Å². The molecule has 31 heavy (non-hydrogen) atoms. The van der Waals surface area contributed by atoms with Crippen LogP contribution in [0.4, 0.5) is 0 Å². The maximum atomic E-state index is 12.6. The summed E-state index contributed by atoms with van der Waals surface area (Å²) in [7, 11) is 0.376. The monoisotopic (exact) mass is 435 g/mol. The van der Waals surface area contributed by atoms with E-state index in [0.717, 1.165) is 27.8 Å². The summed E-state index contributed by atoms with van der Waals surface area (Å²) in [6.07, 6.45) is 2.66. The highest BCUT2D eigenvalue weighted by Crippen LogP contribution is 2.32. The minimum absolute atomic E-state index is 0.0935. The van der Waals surface area contributed by atoms with Gasteiger partial charge in [0.15, 0.2) is 11.5 Å². The molecule has 3 aromatic rings. The number of aryl methyl sites for hydroxylation is 2. The molecule has 1 aliphatic rings. The molecular formula is C27H31O3S+. The average Bonchev–Trinajstić information content (AvgIpc) is 3.27. The highest BCUT2D eigenvalue weighted by Gasteiger charge is 2.29. The largest absolute Gasteiger partial charge is 0.481 e. The molecular weight excluding hydrogens is 404 g/mol. The van der Waals surface area contributed by atoms with Gasteiger partial charge in [-0.1, -0.05) is 36.4 Å². The van der Waals surface area contributed by atoms with Crippen molar-refractivity contribution in [2.45, 2.75) is 51.0 Å². The fourth-order valence-electron chi connectivity index (χ4n) is 4.26. The van der Waals surface area contributed by atoms with Gasteiger partial charge >= 0.3 is 5.97 Å². The molecule has 4 rings (SSSR count). The maximum Gasteiger partial charge on any atom is 0.345 e. The molecule has 0 spiro atoms. The zero-order chi connectivity index (χ0) is 22.0. The number of carbonyl (C=O) groups excluding carboxylic acids is 1. The fraction of sp³-hybridized carbons (Fsp3) is 0.370. The van der Waals surface area contributed by atoms with Crippen molar-refractivity contribution in [2.24, 2.45) is 0 Å². The second-order valence-corrected chi connectivity index (χ2v) is 11.1. The van der Waals surface area contributed by atoms with Crippen LogP contribution in [0.5, 0.6) is 5.75 Å². The maximum absolute atomic E-state index is 12.6. The second kappa shape index (κ2) is 8.96. The molecule has 1 fully saturated rings. The standard InChI is InChI=1S/C27H31O3S/c1-19-15-24(31-13-7-8-14-31)16-20(2)26(19)29-18-25(28)30-27(3,4)23-12-11-21-9-5-6-10-22(21)17-23/h5-6,9-12,15-17H,7-8,13-14,18H2,1-4H3/q+1. The second-order valence-electron chi connectivity index (χ2n) is 8.83. The summed E-state index contributed by atoms with van der Waals surface area (Å²) in [5.74, 6) is 3.04. The topological polar surface area (TPSA) is 35.5 Å². The Kier molecular flexibility index (Phi) is 6.29. The lowest BCUT2D eigenvalue weighted by Gasteiger charge is -2.26. The Labute approximate surface area is 188 Å². The van der Waals surface area contributed by atoms with Crippen molar-refractivity contribution in [1.29, 1.82) is 0 Å². The van der Waals surface area contributed by atoms with E-state index in [1.807, 2.05) is 32.0 Å². The molecule has 3 nitrogen and oxygen atoms in total. The highest BCUT2D eigenvalue weighted by molar-refractivity contribution is 7.97. The van der Waals surface area contributed by atoms with Crippen molar-refractivity contribution >= 4 is 27.6 Å². The third-order valence-electron chi connectivity index (χ3n) is 5.95. The van der Waals surface area contributed by atoms with Gasteiger partial charge in [0.1, 0.15) is 22.9 Å². The lowest BCUT2D eigenvalue weighted by atomic mass is 9.95. The van der Waals surface area contributed by atoms with E-state index >= 15 is 0 Å². The Hall–Kier alpha value is -2.46. The first-order valence-corrected chi connectivity index (χ1v) is 12.5. The van der Waals surface area contributed by atoms with Crippen molar-refractivity contribution in [3.05, 3.63) is 71.3 Å². The molecule has 1 aliphatic heterocycles. The zero-order valence-corrected chi connectivity index (χ0v) is 19.7. The average molecular weight is 436 g/mol. The normalized spacial score (nSPS) is 14.7. The van der Waals surface area contributed by atoms with Crippen LogP contribution in [0.2, 0.25) is 0 Å². The number of fused-ring (bicyclic) bond motifs is 1. The van der Waals surface area contributed by atoms with Crippen LogP contribution in [0.15, 0.2) is 59.5 Å². The Bertz CT molecular complexity index is 1070. The van der Waals surface area contributed by atoms with E-state index in [2.05, 4.69) is 50.2 Å².